The lowest BCUT2D eigenvalue weighted by atomic mass is 10.2. The number of likely N-dealkylation sites (N-methyl/N-ethyl adjacent to an activating group) is 1. The first-order chi connectivity index (χ1) is 8.63. The quantitative estimate of drug-likeness (QED) is 0.770. The number of carbonyl (C=O) groups is 2. The molecule has 2 fully saturated rings. The molecule has 1 atom stereocenters. The van der Waals surface area contributed by atoms with Crippen molar-refractivity contribution in [2.24, 2.45) is 0 Å². The second-order valence-electron chi connectivity index (χ2n) is 4.89. The van der Waals surface area contributed by atoms with E-state index in [1.165, 1.54) is 4.90 Å². The maximum Gasteiger partial charge on any atom is 0.326 e. The maximum absolute atomic E-state index is 12.3. The number of piperazine rings is 1. The van der Waals surface area contributed by atoms with Crippen LogP contribution in [0.3, 0.4) is 0 Å². The standard InChI is InChI=1S/C12H21N3O3/c1-2-13-6-8-14(9-7-13)12(18)15-5-3-4-10(15)11(16)17/h10H,2-9H2,1H3,(H,16,17)/t10-/m1/s1. The Labute approximate surface area is 107 Å². The summed E-state index contributed by atoms with van der Waals surface area (Å²) in [5.74, 6) is -0.881. The fourth-order valence-corrected chi connectivity index (χ4v) is 2.69. The zero-order valence-corrected chi connectivity index (χ0v) is 10.8. The van der Waals surface area contributed by atoms with Crippen molar-refractivity contribution in [3.8, 4) is 0 Å². The molecule has 6 nitrogen and oxygen atoms in total. The molecule has 2 aliphatic heterocycles. The lowest BCUT2D eigenvalue weighted by Crippen LogP contribution is -2.54. The molecular weight excluding hydrogens is 234 g/mol. The molecule has 2 rings (SSSR count). The molecule has 1 N–H and O–H groups in total. The van der Waals surface area contributed by atoms with Gasteiger partial charge in [0.2, 0.25) is 0 Å². The van der Waals surface area contributed by atoms with Gasteiger partial charge in [0, 0.05) is 32.7 Å². The van der Waals surface area contributed by atoms with Gasteiger partial charge < -0.3 is 19.8 Å². The van der Waals surface area contributed by atoms with Crippen LogP contribution < -0.4 is 0 Å². The lowest BCUT2D eigenvalue weighted by molar-refractivity contribution is -0.141. The summed E-state index contributed by atoms with van der Waals surface area (Å²) in [6.07, 6.45) is 1.37. The fourth-order valence-electron chi connectivity index (χ4n) is 2.69. The highest BCUT2D eigenvalue weighted by molar-refractivity contribution is 5.83. The van der Waals surface area contributed by atoms with Gasteiger partial charge in [0.25, 0.3) is 0 Å². The van der Waals surface area contributed by atoms with E-state index in [0.29, 0.717) is 26.1 Å². The minimum atomic E-state index is -0.881. The molecule has 2 aliphatic rings. The summed E-state index contributed by atoms with van der Waals surface area (Å²) in [5, 5.41) is 9.09. The minimum Gasteiger partial charge on any atom is -0.480 e. The Balaban J connectivity index is 1.93. The fraction of sp³-hybridized carbons (Fsp3) is 0.833. The van der Waals surface area contributed by atoms with Crippen molar-refractivity contribution in [1.82, 2.24) is 14.7 Å². The van der Waals surface area contributed by atoms with Gasteiger partial charge in [-0.1, -0.05) is 6.92 Å². The molecule has 0 radical (unpaired) electrons. The average Bonchev–Trinajstić information content (AvgIpc) is 2.87. The van der Waals surface area contributed by atoms with E-state index >= 15 is 0 Å². The number of carbonyl (C=O) groups excluding carboxylic acids is 1. The molecule has 102 valence electrons. The predicted octanol–water partition coefficient (Wildman–Crippen LogP) is 0.293. The number of nitrogens with zero attached hydrogens (tertiary/aromatic N) is 3. The number of urea groups is 1. The summed E-state index contributed by atoms with van der Waals surface area (Å²) in [6, 6.07) is -0.725. The van der Waals surface area contributed by atoms with Gasteiger partial charge in [-0.15, -0.1) is 0 Å². The smallest absolute Gasteiger partial charge is 0.326 e. The van der Waals surface area contributed by atoms with Crippen molar-refractivity contribution in [1.29, 1.82) is 0 Å². The van der Waals surface area contributed by atoms with Crippen LogP contribution in [0.1, 0.15) is 19.8 Å². The first-order valence-electron chi connectivity index (χ1n) is 6.64. The van der Waals surface area contributed by atoms with Gasteiger partial charge in [-0.25, -0.2) is 9.59 Å². The summed E-state index contributed by atoms with van der Waals surface area (Å²) in [6.45, 7) is 6.86. The van der Waals surface area contributed by atoms with E-state index in [9.17, 15) is 9.59 Å². The van der Waals surface area contributed by atoms with Crippen LogP contribution in [0.5, 0.6) is 0 Å². The van der Waals surface area contributed by atoms with Crippen LogP contribution in [0.4, 0.5) is 4.79 Å². The molecule has 2 heterocycles. The van der Waals surface area contributed by atoms with Gasteiger partial charge in [-0.3, -0.25) is 0 Å². The predicted molar refractivity (Wildman–Crippen MR) is 66.4 cm³/mol. The molecule has 18 heavy (non-hydrogen) atoms. The Hall–Kier alpha value is -1.30. The zero-order chi connectivity index (χ0) is 13.1. The minimum absolute atomic E-state index is 0.101. The highest BCUT2D eigenvalue weighted by Crippen LogP contribution is 2.19. The van der Waals surface area contributed by atoms with Gasteiger partial charge in [0.05, 0.1) is 0 Å². The van der Waals surface area contributed by atoms with Crippen molar-refractivity contribution in [2.45, 2.75) is 25.8 Å². The number of rotatable bonds is 2. The van der Waals surface area contributed by atoms with Crippen LogP contribution in [-0.2, 0) is 4.79 Å². The first kappa shape index (κ1) is 13.1. The molecule has 0 saturated carbocycles. The van der Waals surface area contributed by atoms with Gasteiger partial charge in [0.1, 0.15) is 6.04 Å². The largest absolute Gasteiger partial charge is 0.480 e. The highest BCUT2D eigenvalue weighted by atomic mass is 16.4. The van der Waals surface area contributed by atoms with E-state index in [1.54, 1.807) is 4.90 Å². The Kier molecular flexibility index (Phi) is 4.06. The van der Waals surface area contributed by atoms with Gasteiger partial charge >= 0.3 is 12.0 Å². The van der Waals surface area contributed by atoms with E-state index in [1.807, 2.05) is 0 Å². The maximum atomic E-state index is 12.3. The second-order valence-corrected chi connectivity index (χ2v) is 4.89. The van der Waals surface area contributed by atoms with Gasteiger partial charge in [-0.2, -0.15) is 0 Å². The Morgan fingerprint density at radius 1 is 1.17 bits per heavy atom. The lowest BCUT2D eigenvalue weighted by Gasteiger charge is -2.37. The van der Waals surface area contributed by atoms with E-state index in [2.05, 4.69) is 11.8 Å². The molecular formula is C12H21N3O3. The second kappa shape index (κ2) is 5.56. The Bertz CT molecular complexity index is 327. The van der Waals surface area contributed by atoms with Crippen molar-refractivity contribution < 1.29 is 14.7 Å². The average molecular weight is 255 g/mol. The molecule has 0 aromatic carbocycles. The SMILES string of the molecule is CCN1CCN(C(=O)N2CCC[C@@H]2C(=O)O)CC1. The van der Waals surface area contributed by atoms with E-state index < -0.39 is 12.0 Å². The molecule has 0 aliphatic carbocycles. The molecule has 2 saturated heterocycles. The zero-order valence-electron chi connectivity index (χ0n) is 10.8. The number of carboxylic acids is 1. The summed E-state index contributed by atoms with van der Waals surface area (Å²) >= 11 is 0. The normalized spacial score (nSPS) is 25.5. The number of carboxylic acid groups (broad SMARTS) is 1. The van der Waals surface area contributed by atoms with Gasteiger partial charge in [-0.05, 0) is 19.4 Å². The summed E-state index contributed by atoms with van der Waals surface area (Å²) in [5.41, 5.74) is 0. The van der Waals surface area contributed by atoms with Crippen molar-refractivity contribution in [2.75, 3.05) is 39.3 Å². The van der Waals surface area contributed by atoms with E-state index in [-0.39, 0.29) is 6.03 Å². The van der Waals surface area contributed by atoms with Crippen molar-refractivity contribution >= 4 is 12.0 Å². The number of amides is 2. The van der Waals surface area contributed by atoms with Crippen LogP contribution in [-0.4, -0.2) is 77.1 Å². The Morgan fingerprint density at radius 2 is 1.83 bits per heavy atom. The monoisotopic (exact) mass is 255 g/mol. The summed E-state index contributed by atoms with van der Waals surface area (Å²) in [7, 11) is 0. The highest BCUT2D eigenvalue weighted by Gasteiger charge is 2.36. The first-order valence-corrected chi connectivity index (χ1v) is 6.64. The van der Waals surface area contributed by atoms with Crippen molar-refractivity contribution in [3.63, 3.8) is 0 Å². The van der Waals surface area contributed by atoms with Crippen molar-refractivity contribution in [3.05, 3.63) is 0 Å². The van der Waals surface area contributed by atoms with Crippen LogP contribution in [0.2, 0.25) is 0 Å². The Morgan fingerprint density at radius 3 is 2.39 bits per heavy atom. The topological polar surface area (TPSA) is 64.1 Å². The molecule has 0 aromatic rings. The van der Waals surface area contributed by atoms with Gasteiger partial charge in [0.15, 0.2) is 0 Å². The molecule has 2 amide bonds. The van der Waals surface area contributed by atoms with E-state index in [0.717, 1.165) is 26.1 Å². The van der Waals surface area contributed by atoms with Crippen LogP contribution in [0, 0.1) is 0 Å². The number of hydrogen-bond donors (Lipinski definition) is 1. The third kappa shape index (κ3) is 2.58. The van der Waals surface area contributed by atoms with E-state index in [4.69, 9.17) is 5.11 Å². The molecule has 0 unspecified atom stereocenters. The third-order valence-electron chi connectivity index (χ3n) is 3.87. The molecule has 0 bridgehead atoms. The third-order valence-corrected chi connectivity index (χ3v) is 3.87. The van der Waals surface area contributed by atoms with Crippen LogP contribution >= 0.6 is 0 Å². The number of aliphatic carboxylic acids is 1. The molecule has 6 heteroatoms. The van der Waals surface area contributed by atoms with Crippen LogP contribution in [0.25, 0.3) is 0 Å². The number of likely N-dealkylation sites (tertiary alicyclic amines) is 1. The molecule has 0 aromatic heterocycles. The molecule has 0 spiro atoms. The summed E-state index contributed by atoms with van der Waals surface area (Å²) < 4.78 is 0. The summed E-state index contributed by atoms with van der Waals surface area (Å²) in [4.78, 5) is 29.0. The van der Waals surface area contributed by atoms with Crippen LogP contribution in [0.15, 0.2) is 0 Å². The number of hydrogen-bond acceptors (Lipinski definition) is 3.